The monoisotopic (exact) mass is 1060 g/mol. The van der Waals surface area contributed by atoms with Crippen LogP contribution in [0.1, 0.15) is 54.2 Å². The maximum atomic E-state index is 12.6. The van der Waals surface area contributed by atoms with Gasteiger partial charge in [0, 0.05) is 64.1 Å². The minimum Gasteiger partial charge on any atom is -0.476 e. The molecule has 1 fully saturated rings. The largest absolute Gasteiger partial charge is 0.476 e. The Morgan fingerprint density at radius 3 is 1.49 bits per heavy atom. The van der Waals surface area contributed by atoms with Crippen LogP contribution in [0.2, 0.25) is 0 Å². The SMILES string of the molecule is Cc1cccc(-c2ncccc2-c2ccc3nc(C)c(C(N)=O)n3c2)n1.Cc1cccc(-c2ncccc2-c2ccc3ncc(C(=O)NC4COC4)n3n2)n1.Cc1cccc(-c2ncccc2-c2ccc3ncc(C(=O)O)n3n2)n1. The van der Waals surface area contributed by atoms with E-state index in [0.29, 0.717) is 64.3 Å². The van der Waals surface area contributed by atoms with Crippen molar-refractivity contribution in [1.82, 2.24) is 73.8 Å². The number of hydrogen-bond donors (Lipinski definition) is 3. The molecule has 1 aliphatic heterocycles. The number of nitrogens with two attached hydrogens (primary N) is 1. The Bertz CT molecular complexity index is 4340. The highest BCUT2D eigenvalue weighted by Crippen LogP contribution is 2.32. The fourth-order valence-electron chi connectivity index (χ4n) is 9.03. The molecule has 12 aromatic heterocycles. The number of fused-ring (bicyclic) bond motifs is 3. The molecule has 21 nitrogen and oxygen atoms in total. The molecule has 2 amide bonds. The molecule has 1 saturated heterocycles. The maximum Gasteiger partial charge on any atom is 0.356 e. The summed E-state index contributed by atoms with van der Waals surface area (Å²) < 4.78 is 9.72. The number of carbonyl (C=O) groups is 3. The third-order valence-electron chi connectivity index (χ3n) is 12.9. The van der Waals surface area contributed by atoms with Gasteiger partial charge in [-0.05, 0) is 131 Å². The van der Waals surface area contributed by atoms with Gasteiger partial charge in [0.25, 0.3) is 11.8 Å². The Morgan fingerprint density at radius 2 is 1.01 bits per heavy atom. The van der Waals surface area contributed by atoms with Crippen molar-refractivity contribution in [3.63, 3.8) is 0 Å². The van der Waals surface area contributed by atoms with Gasteiger partial charge in [0.05, 0.1) is 82.9 Å². The van der Waals surface area contributed by atoms with Gasteiger partial charge < -0.3 is 20.9 Å². The van der Waals surface area contributed by atoms with E-state index in [1.165, 1.54) is 16.9 Å². The number of aromatic nitrogens is 14. The Labute approximate surface area is 456 Å². The van der Waals surface area contributed by atoms with Gasteiger partial charge in [-0.25, -0.2) is 28.8 Å². The number of ether oxygens (including phenoxy) is 1. The first-order chi connectivity index (χ1) is 38.9. The lowest BCUT2D eigenvalue weighted by atomic mass is 10.0. The first-order valence-corrected chi connectivity index (χ1v) is 25.1. The summed E-state index contributed by atoms with van der Waals surface area (Å²) >= 11 is 0. The highest BCUT2D eigenvalue weighted by atomic mass is 16.5. The second-order valence-electron chi connectivity index (χ2n) is 18.5. The molecular formula is C59H48N16O5. The fraction of sp³-hybridized carbons (Fsp3) is 0.119. The molecule has 0 spiro atoms. The van der Waals surface area contributed by atoms with E-state index in [1.54, 1.807) is 46.6 Å². The summed E-state index contributed by atoms with van der Waals surface area (Å²) in [7, 11) is 0. The van der Waals surface area contributed by atoms with Crippen LogP contribution < -0.4 is 11.1 Å². The summed E-state index contributed by atoms with van der Waals surface area (Å²) in [6.07, 6.45) is 9.87. The van der Waals surface area contributed by atoms with Crippen LogP contribution in [-0.2, 0) is 4.74 Å². The van der Waals surface area contributed by atoms with Gasteiger partial charge in [-0.3, -0.25) is 43.9 Å². The zero-order valence-corrected chi connectivity index (χ0v) is 43.5. The number of aryl methyl sites for hydroxylation is 4. The Balaban J connectivity index is 0.000000127. The number of carboxylic acids is 1. The van der Waals surface area contributed by atoms with Gasteiger partial charge in [0.2, 0.25) is 0 Å². The molecule has 12 aromatic rings. The van der Waals surface area contributed by atoms with E-state index in [9.17, 15) is 19.5 Å². The summed E-state index contributed by atoms with van der Waals surface area (Å²) in [5.74, 6) is -1.80. The number of carbonyl (C=O) groups excluding carboxylic acids is 2. The predicted molar refractivity (Wildman–Crippen MR) is 297 cm³/mol. The van der Waals surface area contributed by atoms with E-state index in [0.717, 1.165) is 67.8 Å². The summed E-state index contributed by atoms with van der Waals surface area (Å²) in [6.45, 7) is 8.65. The van der Waals surface area contributed by atoms with E-state index in [-0.39, 0.29) is 17.6 Å². The quantitative estimate of drug-likeness (QED) is 0.116. The van der Waals surface area contributed by atoms with Gasteiger partial charge in [0.1, 0.15) is 11.3 Å². The lowest BCUT2D eigenvalue weighted by molar-refractivity contribution is -0.00358. The third-order valence-corrected chi connectivity index (χ3v) is 12.9. The summed E-state index contributed by atoms with van der Waals surface area (Å²) in [5.41, 5.74) is 20.6. The number of aromatic carboxylic acids is 1. The van der Waals surface area contributed by atoms with E-state index >= 15 is 0 Å². The first-order valence-electron chi connectivity index (χ1n) is 25.1. The Morgan fingerprint density at radius 1 is 0.537 bits per heavy atom. The highest BCUT2D eigenvalue weighted by molar-refractivity contribution is 5.94. The van der Waals surface area contributed by atoms with Crippen LogP contribution in [0.15, 0.2) is 165 Å². The molecule has 0 bridgehead atoms. The Hall–Kier alpha value is -10.8. The standard InChI is InChI=1S/C21H18N6O2.C20H17N5O.C18H13N5O2/c1-13-4-2-6-17(24-13)20-15(5-3-9-22-20)16-7-8-19-23-10-18(27(19)26-16)21(28)25-14-11-29-12-14;1-12-5-3-7-16(23-12)18-15(6-4-10-22-18)14-8-9-17-24-13(2)19(20(21)26)25(17)11-14;1-11-4-2-6-14(21-11)17-12(5-3-9-19-17)13-7-8-16-20-10-15(18(24)25)23(16)22-13/h2-10,14H,11-12H2,1H3,(H,25,28);3-11H,1-2H3,(H2,21,26);2-10H,1H3,(H,24,25). The molecule has 21 heteroatoms. The number of rotatable bonds is 10. The van der Waals surface area contributed by atoms with Crippen molar-refractivity contribution in [2.45, 2.75) is 33.7 Å². The van der Waals surface area contributed by atoms with E-state index < -0.39 is 11.9 Å². The smallest absolute Gasteiger partial charge is 0.356 e. The topological polar surface area (TPSA) is 274 Å². The first kappa shape index (κ1) is 51.3. The molecule has 0 aliphatic carbocycles. The van der Waals surface area contributed by atoms with Crippen molar-refractivity contribution >= 4 is 34.7 Å². The number of pyridine rings is 7. The zero-order chi connectivity index (χ0) is 55.4. The van der Waals surface area contributed by atoms with Gasteiger partial charge in [-0.2, -0.15) is 10.2 Å². The van der Waals surface area contributed by atoms with E-state index in [2.05, 4.69) is 60.4 Å². The molecule has 4 N–H and O–H groups in total. The number of nitrogens with zero attached hydrogens (tertiary/aromatic N) is 14. The van der Waals surface area contributed by atoms with Crippen LogP contribution in [0, 0.1) is 27.7 Å². The predicted octanol–water partition coefficient (Wildman–Crippen LogP) is 8.32. The van der Waals surface area contributed by atoms with Crippen LogP contribution in [0.5, 0.6) is 0 Å². The fourth-order valence-corrected chi connectivity index (χ4v) is 9.03. The molecule has 13 rings (SSSR count). The summed E-state index contributed by atoms with van der Waals surface area (Å²) in [6, 6.07) is 39.9. The second kappa shape index (κ2) is 22.0. The van der Waals surface area contributed by atoms with Crippen LogP contribution in [0.3, 0.4) is 0 Å². The van der Waals surface area contributed by atoms with Gasteiger partial charge in [0.15, 0.2) is 22.7 Å². The van der Waals surface area contributed by atoms with Gasteiger partial charge >= 0.3 is 5.97 Å². The van der Waals surface area contributed by atoms with Crippen molar-refractivity contribution in [3.05, 3.63) is 204 Å². The molecule has 13 heterocycles. The van der Waals surface area contributed by atoms with Crippen molar-refractivity contribution in [2.75, 3.05) is 13.2 Å². The lowest BCUT2D eigenvalue weighted by Crippen LogP contribution is -2.48. The van der Waals surface area contributed by atoms with Crippen LogP contribution in [0.25, 0.3) is 84.7 Å². The Kier molecular flexibility index (Phi) is 14.1. The zero-order valence-electron chi connectivity index (χ0n) is 43.5. The number of amides is 2. The molecule has 0 aromatic carbocycles. The van der Waals surface area contributed by atoms with E-state index in [1.807, 2.05) is 142 Å². The molecule has 80 heavy (non-hydrogen) atoms. The molecule has 394 valence electrons. The second-order valence-corrected chi connectivity index (χ2v) is 18.5. The number of nitrogens with one attached hydrogen (secondary N) is 1. The third kappa shape index (κ3) is 10.5. The number of hydrogen-bond acceptors (Lipinski definition) is 15. The molecule has 0 saturated carbocycles. The molecule has 0 atom stereocenters. The summed E-state index contributed by atoms with van der Waals surface area (Å²) in [4.78, 5) is 75.7. The maximum absolute atomic E-state index is 12.6. The van der Waals surface area contributed by atoms with Gasteiger partial charge in [-0.15, -0.1) is 0 Å². The molecule has 0 unspecified atom stereocenters. The van der Waals surface area contributed by atoms with Crippen molar-refractivity contribution in [2.24, 2.45) is 5.73 Å². The minimum atomic E-state index is -1.08. The van der Waals surface area contributed by atoms with Crippen LogP contribution >= 0.6 is 0 Å². The van der Waals surface area contributed by atoms with Crippen LogP contribution in [-0.4, -0.2) is 111 Å². The summed E-state index contributed by atoms with van der Waals surface area (Å²) in [5, 5.41) is 21.3. The van der Waals surface area contributed by atoms with Crippen molar-refractivity contribution in [1.29, 1.82) is 0 Å². The van der Waals surface area contributed by atoms with E-state index in [4.69, 9.17) is 10.5 Å². The minimum absolute atomic E-state index is 0.0102. The number of imidazole rings is 3. The van der Waals surface area contributed by atoms with Crippen LogP contribution in [0.4, 0.5) is 0 Å². The normalized spacial score (nSPS) is 12.1. The average Bonchev–Trinajstić information content (AvgIpc) is 4.39. The van der Waals surface area contributed by atoms with Gasteiger partial charge in [-0.1, -0.05) is 24.3 Å². The molecule has 1 aliphatic rings. The average molecular weight is 1060 g/mol. The number of carboxylic acid groups (broad SMARTS) is 1. The molecule has 0 radical (unpaired) electrons. The highest BCUT2D eigenvalue weighted by Gasteiger charge is 2.24. The number of primary amides is 1. The van der Waals surface area contributed by atoms with Crippen molar-refractivity contribution < 1.29 is 24.2 Å². The van der Waals surface area contributed by atoms with Crippen molar-refractivity contribution in [3.8, 4) is 67.8 Å². The lowest BCUT2D eigenvalue weighted by Gasteiger charge is -2.26. The molecular weight excluding hydrogens is 1010 g/mol.